The lowest BCUT2D eigenvalue weighted by atomic mass is 10.1. The highest BCUT2D eigenvalue weighted by Gasteiger charge is 2.22. The molecule has 106 valence electrons. The first-order valence-corrected chi connectivity index (χ1v) is 6.98. The second-order valence-electron chi connectivity index (χ2n) is 5.10. The van der Waals surface area contributed by atoms with Gasteiger partial charge >= 0.3 is 0 Å². The van der Waals surface area contributed by atoms with Gasteiger partial charge in [0.15, 0.2) is 5.58 Å². The molecule has 0 bridgehead atoms. The number of carbonyl (C=O) groups excluding carboxylic acids is 1. The van der Waals surface area contributed by atoms with E-state index in [1.54, 1.807) is 0 Å². The van der Waals surface area contributed by atoms with E-state index < -0.39 is 0 Å². The lowest BCUT2D eigenvalue weighted by Gasteiger charge is -2.21. The first kappa shape index (κ1) is 13.1. The summed E-state index contributed by atoms with van der Waals surface area (Å²) in [6, 6.07) is 5.80. The summed E-state index contributed by atoms with van der Waals surface area (Å²) in [6.45, 7) is 2.95. The Hall–Kier alpha value is -1.88. The summed E-state index contributed by atoms with van der Waals surface area (Å²) in [5, 5.41) is 2.83. The Morgan fingerprint density at radius 1 is 1.45 bits per heavy atom. The number of para-hydroxylation sites is 1. The van der Waals surface area contributed by atoms with Crippen molar-refractivity contribution < 1.29 is 13.9 Å². The largest absolute Gasteiger partial charge is 0.439 e. The van der Waals surface area contributed by atoms with Crippen molar-refractivity contribution in [3.8, 4) is 0 Å². The smallest absolute Gasteiger partial charge is 0.249 e. The third-order valence-corrected chi connectivity index (χ3v) is 3.55. The zero-order valence-electron chi connectivity index (χ0n) is 11.5. The van der Waals surface area contributed by atoms with Crippen molar-refractivity contribution in [3.63, 3.8) is 0 Å². The van der Waals surface area contributed by atoms with Crippen molar-refractivity contribution >= 4 is 17.0 Å². The van der Waals surface area contributed by atoms with Gasteiger partial charge in [-0.05, 0) is 37.8 Å². The zero-order chi connectivity index (χ0) is 13.9. The molecule has 1 amide bonds. The standard InChI is InChI=1S/C15H18N2O3/c1-10-5-4-7-11-14(10)17-13(20-11)9-16-15(18)12-6-2-3-8-19-12/h4-5,7,12H,2-3,6,8-9H2,1H3,(H,16,18)/t12-/m0/s1. The first-order valence-electron chi connectivity index (χ1n) is 6.98. The number of benzene rings is 1. The second kappa shape index (κ2) is 5.63. The average molecular weight is 274 g/mol. The van der Waals surface area contributed by atoms with Crippen LogP contribution in [0.5, 0.6) is 0 Å². The van der Waals surface area contributed by atoms with E-state index in [0.29, 0.717) is 19.0 Å². The molecule has 1 saturated heterocycles. The highest BCUT2D eigenvalue weighted by molar-refractivity contribution is 5.81. The number of oxazole rings is 1. The predicted octanol–water partition coefficient (Wildman–Crippen LogP) is 2.32. The Bertz CT molecular complexity index is 615. The van der Waals surface area contributed by atoms with Gasteiger partial charge in [-0.25, -0.2) is 4.98 Å². The normalized spacial score (nSPS) is 19.1. The molecule has 1 N–H and O–H groups in total. The lowest BCUT2D eigenvalue weighted by Crippen LogP contribution is -2.38. The summed E-state index contributed by atoms with van der Waals surface area (Å²) < 4.78 is 11.1. The molecule has 0 radical (unpaired) electrons. The molecule has 2 heterocycles. The number of rotatable bonds is 3. The number of nitrogens with one attached hydrogen (secondary N) is 1. The summed E-state index contributed by atoms with van der Waals surface area (Å²) in [6.07, 6.45) is 2.54. The van der Waals surface area contributed by atoms with Crippen LogP contribution in [-0.4, -0.2) is 23.6 Å². The maximum atomic E-state index is 11.9. The Balaban J connectivity index is 1.64. The average Bonchev–Trinajstić information content (AvgIpc) is 2.90. The molecular formula is C15H18N2O3. The fourth-order valence-corrected chi connectivity index (χ4v) is 2.43. The Morgan fingerprint density at radius 3 is 3.10 bits per heavy atom. The maximum absolute atomic E-state index is 11.9. The molecule has 20 heavy (non-hydrogen) atoms. The molecule has 1 aliphatic heterocycles. The maximum Gasteiger partial charge on any atom is 0.249 e. The van der Waals surface area contributed by atoms with Crippen molar-refractivity contribution in [3.05, 3.63) is 29.7 Å². The topological polar surface area (TPSA) is 64.4 Å². The van der Waals surface area contributed by atoms with E-state index in [4.69, 9.17) is 9.15 Å². The minimum absolute atomic E-state index is 0.0799. The molecule has 1 atom stereocenters. The van der Waals surface area contributed by atoms with Crippen molar-refractivity contribution in [2.24, 2.45) is 0 Å². The van der Waals surface area contributed by atoms with E-state index in [0.717, 1.165) is 35.9 Å². The summed E-state index contributed by atoms with van der Waals surface area (Å²) in [5.41, 5.74) is 2.67. The van der Waals surface area contributed by atoms with E-state index in [2.05, 4.69) is 10.3 Å². The van der Waals surface area contributed by atoms with Gasteiger partial charge in [-0.3, -0.25) is 4.79 Å². The molecule has 2 aromatic rings. The van der Waals surface area contributed by atoms with Crippen LogP contribution in [0.3, 0.4) is 0 Å². The number of fused-ring (bicyclic) bond motifs is 1. The fraction of sp³-hybridized carbons (Fsp3) is 0.467. The predicted molar refractivity (Wildman–Crippen MR) is 74.2 cm³/mol. The van der Waals surface area contributed by atoms with E-state index >= 15 is 0 Å². The molecule has 5 nitrogen and oxygen atoms in total. The van der Waals surface area contributed by atoms with Crippen molar-refractivity contribution in [2.75, 3.05) is 6.61 Å². The quantitative estimate of drug-likeness (QED) is 0.933. The molecule has 1 aromatic carbocycles. The number of amides is 1. The Labute approximate surface area is 117 Å². The van der Waals surface area contributed by atoms with Crippen LogP contribution < -0.4 is 5.32 Å². The molecular weight excluding hydrogens is 256 g/mol. The van der Waals surface area contributed by atoms with Crippen LogP contribution in [0.25, 0.3) is 11.1 Å². The van der Waals surface area contributed by atoms with Crippen LogP contribution in [0, 0.1) is 6.92 Å². The Morgan fingerprint density at radius 2 is 2.35 bits per heavy atom. The van der Waals surface area contributed by atoms with Crippen molar-refractivity contribution in [2.45, 2.75) is 38.8 Å². The molecule has 0 spiro atoms. The van der Waals surface area contributed by atoms with Crippen molar-refractivity contribution in [1.82, 2.24) is 10.3 Å². The highest BCUT2D eigenvalue weighted by Crippen LogP contribution is 2.19. The number of ether oxygens (including phenoxy) is 1. The minimum Gasteiger partial charge on any atom is -0.439 e. The van der Waals surface area contributed by atoms with E-state index in [1.165, 1.54) is 0 Å². The molecule has 3 rings (SSSR count). The molecule has 1 aromatic heterocycles. The molecule has 1 aliphatic rings. The third kappa shape index (κ3) is 2.67. The number of nitrogens with zero attached hydrogens (tertiary/aromatic N) is 1. The van der Waals surface area contributed by atoms with Gasteiger partial charge in [-0.2, -0.15) is 0 Å². The highest BCUT2D eigenvalue weighted by atomic mass is 16.5. The number of carbonyl (C=O) groups is 1. The second-order valence-corrected chi connectivity index (χ2v) is 5.10. The van der Waals surface area contributed by atoms with E-state index in [-0.39, 0.29) is 12.0 Å². The van der Waals surface area contributed by atoms with E-state index in [9.17, 15) is 4.79 Å². The van der Waals surface area contributed by atoms with Crippen LogP contribution in [0.2, 0.25) is 0 Å². The minimum atomic E-state index is -0.324. The number of aromatic nitrogens is 1. The van der Waals surface area contributed by atoms with Gasteiger partial charge in [0, 0.05) is 6.61 Å². The van der Waals surface area contributed by atoms with Gasteiger partial charge in [0.05, 0.1) is 6.54 Å². The van der Waals surface area contributed by atoms with Crippen LogP contribution in [-0.2, 0) is 16.1 Å². The van der Waals surface area contributed by atoms with E-state index in [1.807, 2.05) is 25.1 Å². The number of hydrogen-bond acceptors (Lipinski definition) is 4. The number of aryl methyl sites for hydroxylation is 1. The van der Waals surface area contributed by atoms with Crippen molar-refractivity contribution in [1.29, 1.82) is 0 Å². The summed E-state index contributed by atoms with van der Waals surface area (Å²) in [7, 11) is 0. The van der Waals surface area contributed by atoms with Crippen LogP contribution in [0.4, 0.5) is 0 Å². The molecule has 0 saturated carbocycles. The SMILES string of the molecule is Cc1cccc2oc(CNC(=O)[C@@H]3CCCCO3)nc12. The van der Waals surface area contributed by atoms with Crippen LogP contribution >= 0.6 is 0 Å². The summed E-state index contributed by atoms with van der Waals surface area (Å²) in [5.74, 6) is 0.446. The first-order chi connectivity index (χ1) is 9.74. The third-order valence-electron chi connectivity index (χ3n) is 3.55. The van der Waals surface area contributed by atoms with Crippen LogP contribution in [0.1, 0.15) is 30.7 Å². The van der Waals surface area contributed by atoms with Gasteiger partial charge in [0.1, 0.15) is 11.6 Å². The molecule has 0 unspecified atom stereocenters. The molecule has 0 aliphatic carbocycles. The van der Waals surface area contributed by atoms with Crippen LogP contribution in [0.15, 0.2) is 22.6 Å². The summed E-state index contributed by atoms with van der Waals surface area (Å²) >= 11 is 0. The number of hydrogen-bond donors (Lipinski definition) is 1. The molecule has 1 fully saturated rings. The zero-order valence-corrected chi connectivity index (χ0v) is 11.5. The van der Waals surface area contributed by atoms with Gasteiger partial charge in [-0.1, -0.05) is 12.1 Å². The Kier molecular flexibility index (Phi) is 3.69. The van der Waals surface area contributed by atoms with Gasteiger partial charge in [0.2, 0.25) is 11.8 Å². The summed E-state index contributed by atoms with van der Waals surface area (Å²) in [4.78, 5) is 16.4. The monoisotopic (exact) mass is 274 g/mol. The van der Waals surface area contributed by atoms with Gasteiger partial charge < -0.3 is 14.5 Å². The van der Waals surface area contributed by atoms with Gasteiger partial charge in [-0.15, -0.1) is 0 Å². The fourth-order valence-electron chi connectivity index (χ4n) is 2.43. The lowest BCUT2D eigenvalue weighted by molar-refractivity contribution is -0.135. The van der Waals surface area contributed by atoms with Gasteiger partial charge in [0.25, 0.3) is 0 Å². The molecule has 5 heteroatoms.